The Hall–Kier alpha value is -1.56. The van der Waals surface area contributed by atoms with Crippen molar-refractivity contribution in [3.8, 4) is 0 Å². The van der Waals surface area contributed by atoms with Crippen LogP contribution in [-0.2, 0) is 18.2 Å². The minimum atomic E-state index is -0.000959. The number of ether oxygens (including phenoxy) is 1. The molecule has 1 saturated heterocycles. The molecular formula is C21H37N5O. The van der Waals surface area contributed by atoms with Crippen LogP contribution in [-0.4, -0.2) is 59.5 Å². The van der Waals surface area contributed by atoms with Gasteiger partial charge in [0.15, 0.2) is 5.96 Å². The van der Waals surface area contributed by atoms with Crippen LogP contribution in [0.2, 0.25) is 0 Å². The van der Waals surface area contributed by atoms with E-state index in [1.54, 1.807) is 0 Å². The predicted molar refractivity (Wildman–Crippen MR) is 110 cm³/mol. The number of nitrogens with zero attached hydrogens (tertiary/aromatic N) is 4. The molecule has 3 rings (SSSR count). The topological polar surface area (TPSA) is 54.7 Å². The number of aliphatic imine (C=N–C) groups is 1. The highest BCUT2D eigenvalue weighted by atomic mass is 16.5. The summed E-state index contributed by atoms with van der Waals surface area (Å²) in [4.78, 5) is 6.98. The van der Waals surface area contributed by atoms with Crippen LogP contribution in [0.1, 0.15) is 57.4 Å². The number of guanidine groups is 1. The van der Waals surface area contributed by atoms with Crippen LogP contribution >= 0.6 is 0 Å². The van der Waals surface area contributed by atoms with Gasteiger partial charge in [0.05, 0.1) is 11.8 Å². The predicted octanol–water partition coefficient (Wildman–Crippen LogP) is 2.99. The first-order valence-corrected chi connectivity index (χ1v) is 10.7. The summed E-state index contributed by atoms with van der Waals surface area (Å²) in [5.74, 6) is 1.71. The van der Waals surface area contributed by atoms with E-state index in [4.69, 9.17) is 4.74 Å². The second kappa shape index (κ2) is 9.58. The van der Waals surface area contributed by atoms with Crippen molar-refractivity contribution in [1.82, 2.24) is 20.0 Å². The minimum Gasteiger partial charge on any atom is -0.373 e. The lowest BCUT2D eigenvalue weighted by Gasteiger charge is -2.38. The molecule has 6 nitrogen and oxygen atoms in total. The Morgan fingerprint density at radius 2 is 2.19 bits per heavy atom. The van der Waals surface area contributed by atoms with Gasteiger partial charge in [0.1, 0.15) is 0 Å². The van der Waals surface area contributed by atoms with E-state index >= 15 is 0 Å². The third-order valence-electron chi connectivity index (χ3n) is 6.03. The summed E-state index contributed by atoms with van der Waals surface area (Å²) in [6.45, 7) is 6.07. The van der Waals surface area contributed by atoms with Crippen molar-refractivity contribution in [2.75, 3.05) is 33.3 Å². The summed E-state index contributed by atoms with van der Waals surface area (Å²) in [5.41, 5.74) is 1.33. The van der Waals surface area contributed by atoms with Crippen LogP contribution in [0.5, 0.6) is 0 Å². The summed E-state index contributed by atoms with van der Waals surface area (Å²) in [5, 5.41) is 7.95. The van der Waals surface area contributed by atoms with E-state index in [1.807, 2.05) is 25.0 Å². The molecule has 2 fully saturated rings. The van der Waals surface area contributed by atoms with E-state index in [2.05, 4.69) is 33.4 Å². The van der Waals surface area contributed by atoms with Gasteiger partial charge in [0.25, 0.3) is 0 Å². The molecule has 1 unspecified atom stereocenters. The number of aryl methyl sites for hydroxylation is 1. The van der Waals surface area contributed by atoms with Gasteiger partial charge in [-0.1, -0.05) is 26.2 Å². The Labute approximate surface area is 164 Å². The molecule has 27 heavy (non-hydrogen) atoms. The van der Waals surface area contributed by atoms with Gasteiger partial charge >= 0.3 is 0 Å². The lowest BCUT2D eigenvalue weighted by molar-refractivity contribution is -0.0659. The van der Waals surface area contributed by atoms with Gasteiger partial charge < -0.3 is 15.0 Å². The SMILES string of the molecule is CCCOC1(CNC(=NC)N2CCC(Cc3cnn(C)c3)C2)CCCCC1. The molecule has 1 aromatic heterocycles. The number of nitrogens with one attached hydrogen (secondary N) is 1. The molecule has 1 aliphatic heterocycles. The van der Waals surface area contributed by atoms with Crippen molar-refractivity contribution in [1.29, 1.82) is 0 Å². The Morgan fingerprint density at radius 1 is 1.37 bits per heavy atom. The van der Waals surface area contributed by atoms with Crippen LogP contribution in [0.3, 0.4) is 0 Å². The van der Waals surface area contributed by atoms with Crippen LogP contribution in [0.15, 0.2) is 17.4 Å². The van der Waals surface area contributed by atoms with E-state index in [1.165, 1.54) is 44.1 Å². The zero-order valence-electron chi connectivity index (χ0n) is 17.4. The maximum atomic E-state index is 6.33. The van der Waals surface area contributed by atoms with Crippen molar-refractivity contribution in [2.45, 2.75) is 63.9 Å². The normalized spacial score (nSPS) is 23.0. The molecular weight excluding hydrogens is 338 g/mol. The van der Waals surface area contributed by atoms with Gasteiger partial charge in [-0.15, -0.1) is 0 Å². The molecule has 152 valence electrons. The van der Waals surface area contributed by atoms with Crippen molar-refractivity contribution in [3.05, 3.63) is 18.0 Å². The molecule has 0 radical (unpaired) electrons. The smallest absolute Gasteiger partial charge is 0.193 e. The zero-order chi connectivity index (χ0) is 19.1. The second-order valence-corrected chi connectivity index (χ2v) is 8.32. The van der Waals surface area contributed by atoms with Crippen LogP contribution in [0.25, 0.3) is 0 Å². The number of hydrogen-bond acceptors (Lipinski definition) is 3. The fourth-order valence-corrected chi connectivity index (χ4v) is 4.56. The fraction of sp³-hybridized carbons (Fsp3) is 0.810. The maximum absolute atomic E-state index is 6.33. The molecule has 0 spiro atoms. The zero-order valence-corrected chi connectivity index (χ0v) is 17.4. The molecule has 0 bridgehead atoms. The molecule has 1 saturated carbocycles. The van der Waals surface area contributed by atoms with E-state index in [9.17, 15) is 0 Å². The number of rotatable bonds is 7. The van der Waals surface area contributed by atoms with Crippen molar-refractivity contribution in [3.63, 3.8) is 0 Å². The molecule has 2 aliphatic rings. The summed E-state index contributed by atoms with van der Waals surface area (Å²) in [6.07, 6.45) is 13.8. The lowest BCUT2D eigenvalue weighted by Crippen LogP contribution is -2.50. The average Bonchev–Trinajstić information content (AvgIpc) is 3.31. The fourth-order valence-electron chi connectivity index (χ4n) is 4.56. The molecule has 1 aromatic rings. The van der Waals surface area contributed by atoms with Gasteiger partial charge in [0.2, 0.25) is 0 Å². The molecule has 1 aliphatic carbocycles. The first-order valence-electron chi connectivity index (χ1n) is 10.7. The Bertz CT molecular complexity index is 605. The first-order chi connectivity index (χ1) is 13.1. The third-order valence-corrected chi connectivity index (χ3v) is 6.03. The quantitative estimate of drug-likeness (QED) is 0.588. The monoisotopic (exact) mass is 375 g/mol. The van der Waals surface area contributed by atoms with Gasteiger partial charge in [-0.2, -0.15) is 5.10 Å². The van der Waals surface area contributed by atoms with E-state index in [-0.39, 0.29) is 5.60 Å². The van der Waals surface area contributed by atoms with Crippen molar-refractivity contribution in [2.24, 2.45) is 18.0 Å². The van der Waals surface area contributed by atoms with Crippen LogP contribution in [0, 0.1) is 5.92 Å². The lowest BCUT2D eigenvalue weighted by atomic mass is 9.84. The maximum Gasteiger partial charge on any atom is 0.193 e. The molecule has 2 heterocycles. The number of hydrogen-bond donors (Lipinski definition) is 1. The van der Waals surface area contributed by atoms with E-state index in [0.717, 1.165) is 45.0 Å². The Kier molecular flexibility index (Phi) is 7.16. The largest absolute Gasteiger partial charge is 0.373 e. The summed E-state index contributed by atoms with van der Waals surface area (Å²) >= 11 is 0. The molecule has 0 amide bonds. The molecule has 6 heteroatoms. The highest BCUT2D eigenvalue weighted by Gasteiger charge is 2.34. The van der Waals surface area contributed by atoms with Crippen LogP contribution in [0.4, 0.5) is 0 Å². The minimum absolute atomic E-state index is 0.000959. The third kappa shape index (κ3) is 5.47. The summed E-state index contributed by atoms with van der Waals surface area (Å²) in [7, 11) is 3.88. The number of likely N-dealkylation sites (tertiary alicyclic amines) is 1. The molecule has 1 N–H and O–H groups in total. The van der Waals surface area contributed by atoms with Gasteiger partial charge in [-0.05, 0) is 43.6 Å². The van der Waals surface area contributed by atoms with E-state index in [0.29, 0.717) is 5.92 Å². The second-order valence-electron chi connectivity index (χ2n) is 8.32. The van der Waals surface area contributed by atoms with Crippen LogP contribution < -0.4 is 5.32 Å². The summed E-state index contributed by atoms with van der Waals surface area (Å²) < 4.78 is 8.23. The van der Waals surface area contributed by atoms with Gasteiger partial charge in [-0.3, -0.25) is 9.67 Å². The number of aromatic nitrogens is 2. The van der Waals surface area contributed by atoms with Gasteiger partial charge in [0, 0.05) is 46.5 Å². The van der Waals surface area contributed by atoms with Crippen molar-refractivity contribution < 1.29 is 4.74 Å². The van der Waals surface area contributed by atoms with Gasteiger partial charge in [-0.25, -0.2) is 0 Å². The first kappa shape index (κ1) is 20.2. The highest BCUT2D eigenvalue weighted by molar-refractivity contribution is 5.80. The van der Waals surface area contributed by atoms with Crippen molar-refractivity contribution >= 4 is 5.96 Å². The molecule has 1 atom stereocenters. The highest BCUT2D eigenvalue weighted by Crippen LogP contribution is 2.31. The Morgan fingerprint density at radius 3 is 2.85 bits per heavy atom. The Balaban J connectivity index is 1.52. The molecule has 0 aromatic carbocycles. The standard InChI is InChI=1S/C21H37N5O/c1-4-12-27-21(9-6-5-7-10-21)17-23-20(22-2)26-11-8-18(16-26)13-19-14-24-25(3)15-19/h14-15,18H,4-13,16-17H2,1-3H3,(H,22,23). The average molecular weight is 376 g/mol. The summed E-state index contributed by atoms with van der Waals surface area (Å²) in [6, 6.07) is 0. The van der Waals surface area contributed by atoms with E-state index < -0.39 is 0 Å².